The van der Waals surface area contributed by atoms with Crippen LogP contribution in [0.4, 0.5) is 4.79 Å². The summed E-state index contributed by atoms with van der Waals surface area (Å²) in [5.74, 6) is 3.03. The molecule has 1 amide bonds. The van der Waals surface area contributed by atoms with Crippen LogP contribution in [0.3, 0.4) is 0 Å². The summed E-state index contributed by atoms with van der Waals surface area (Å²) >= 11 is 0. The van der Waals surface area contributed by atoms with E-state index in [4.69, 9.17) is 16.7 Å². The number of rotatable bonds is 3. The summed E-state index contributed by atoms with van der Waals surface area (Å²) in [6.07, 6.45) is 10.3. The summed E-state index contributed by atoms with van der Waals surface area (Å²) in [7, 11) is 0. The fourth-order valence-electron chi connectivity index (χ4n) is 3.39. The van der Waals surface area contributed by atoms with Crippen LogP contribution in [0.15, 0.2) is 5.11 Å². The Kier molecular flexibility index (Phi) is 5.43. The summed E-state index contributed by atoms with van der Waals surface area (Å²) < 4.78 is 5.61. The van der Waals surface area contributed by atoms with Crippen molar-refractivity contribution >= 4 is 6.09 Å². The number of azide groups is 1. The van der Waals surface area contributed by atoms with Crippen molar-refractivity contribution in [2.24, 2.45) is 11.0 Å². The molecule has 126 valence electrons. The standard InChI is InChI=1S/C17H26N4O2/c1-5-12-10-15(11-12)21(16(22)23-17(2,3)4)14-8-6-13(7-9-14)19-20-18/h1,12-15H,6-11H2,2-4H3/t12?,13-,14-,15?. The van der Waals surface area contributed by atoms with Crippen LogP contribution in [-0.2, 0) is 4.74 Å². The molecule has 23 heavy (non-hydrogen) atoms. The van der Waals surface area contributed by atoms with Gasteiger partial charge in [0, 0.05) is 29.0 Å². The fourth-order valence-corrected chi connectivity index (χ4v) is 3.39. The second-order valence-corrected chi connectivity index (χ2v) is 7.54. The highest BCUT2D eigenvalue weighted by Crippen LogP contribution is 2.37. The van der Waals surface area contributed by atoms with Gasteiger partial charge in [-0.2, -0.15) is 0 Å². The highest BCUT2D eigenvalue weighted by atomic mass is 16.6. The molecule has 0 aliphatic heterocycles. The molecule has 0 bridgehead atoms. The lowest BCUT2D eigenvalue weighted by atomic mass is 9.78. The van der Waals surface area contributed by atoms with Gasteiger partial charge in [-0.3, -0.25) is 0 Å². The average Bonchev–Trinajstić information content (AvgIpc) is 2.41. The Labute approximate surface area is 138 Å². The van der Waals surface area contributed by atoms with Gasteiger partial charge in [-0.1, -0.05) is 5.11 Å². The quantitative estimate of drug-likeness (QED) is 0.337. The van der Waals surface area contributed by atoms with E-state index in [1.54, 1.807) is 0 Å². The zero-order valence-electron chi connectivity index (χ0n) is 14.2. The van der Waals surface area contributed by atoms with Crippen LogP contribution < -0.4 is 0 Å². The Hall–Kier alpha value is -1.86. The molecular formula is C17H26N4O2. The molecule has 0 heterocycles. The number of terminal acetylenes is 1. The highest BCUT2D eigenvalue weighted by Gasteiger charge is 2.41. The van der Waals surface area contributed by atoms with Gasteiger partial charge in [-0.05, 0) is 64.8 Å². The van der Waals surface area contributed by atoms with Gasteiger partial charge in [-0.25, -0.2) is 4.79 Å². The van der Waals surface area contributed by atoms with Crippen LogP contribution in [0, 0.1) is 18.3 Å². The monoisotopic (exact) mass is 318 g/mol. The van der Waals surface area contributed by atoms with Gasteiger partial charge in [0.1, 0.15) is 5.60 Å². The van der Waals surface area contributed by atoms with Crippen molar-refractivity contribution in [1.29, 1.82) is 0 Å². The van der Waals surface area contributed by atoms with Gasteiger partial charge in [0.2, 0.25) is 0 Å². The van der Waals surface area contributed by atoms with E-state index in [9.17, 15) is 4.79 Å². The maximum atomic E-state index is 12.7. The zero-order chi connectivity index (χ0) is 17.0. The third-order valence-electron chi connectivity index (χ3n) is 4.62. The van der Waals surface area contributed by atoms with Crippen LogP contribution >= 0.6 is 0 Å². The molecule has 0 radical (unpaired) electrons. The minimum atomic E-state index is -0.507. The maximum Gasteiger partial charge on any atom is 0.410 e. The Morgan fingerprint density at radius 1 is 1.26 bits per heavy atom. The van der Waals surface area contributed by atoms with Gasteiger partial charge in [-0.15, -0.1) is 12.3 Å². The lowest BCUT2D eigenvalue weighted by Crippen LogP contribution is -2.54. The normalized spacial score (nSPS) is 30.3. The number of hydrogen-bond acceptors (Lipinski definition) is 3. The number of hydrogen-bond donors (Lipinski definition) is 0. The first-order valence-electron chi connectivity index (χ1n) is 8.35. The highest BCUT2D eigenvalue weighted by molar-refractivity contribution is 5.69. The molecule has 2 fully saturated rings. The first-order chi connectivity index (χ1) is 10.8. The molecular weight excluding hydrogens is 292 g/mol. The SMILES string of the molecule is C#CC1CC(N(C(=O)OC(C)(C)C)[C@H]2CC[C@H](N=[N+]=[N-])CC2)C1. The van der Waals surface area contributed by atoms with E-state index in [1.165, 1.54) is 0 Å². The summed E-state index contributed by atoms with van der Waals surface area (Å²) in [5.41, 5.74) is 8.05. The van der Waals surface area contributed by atoms with E-state index >= 15 is 0 Å². The molecule has 0 aromatic carbocycles. The van der Waals surface area contributed by atoms with E-state index < -0.39 is 5.60 Å². The van der Waals surface area contributed by atoms with Crippen molar-refractivity contribution in [3.63, 3.8) is 0 Å². The van der Waals surface area contributed by atoms with Crippen molar-refractivity contribution in [1.82, 2.24) is 4.90 Å². The van der Waals surface area contributed by atoms with E-state index in [0.29, 0.717) is 0 Å². The van der Waals surface area contributed by atoms with Gasteiger partial charge in [0.15, 0.2) is 0 Å². The fraction of sp³-hybridized carbons (Fsp3) is 0.824. The largest absolute Gasteiger partial charge is 0.444 e. The van der Waals surface area contributed by atoms with Gasteiger partial charge < -0.3 is 9.64 Å². The number of nitrogens with zero attached hydrogens (tertiary/aromatic N) is 4. The predicted octanol–water partition coefficient (Wildman–Crippen LogP) is 4.26. The lowest BCUT2D eigenvalue weighted by molar-refractivity contribution is -0.0172. The molecule has 0 aromatic rings. The minimum Gasteiger partial charge on any atom is -0.444 e. The molecule has 0 N–H and O–H groups in total. The summed E-state index contributed by atoms with van der Waals surface area (Å²) in [5, 5.41) is 3.81. The number of carbonyl (C=O) groups is 1. The molecule has 6 nitrogen and oxygen atoms in total. The van der Waals surface area contributed by atoms with E-state index in [1.807, 2.05) is 25.7 Å². The molecule has 0 aromatic heterocycles. The predicted molar refractivity (Wildman–Crippen MR) is 88.6 cm³/mol. The molecule has 0 atom stereocenters. The molecule has 0 saturated heterocycles. The smallest absolute Gasteiger partial charge is 0.410 e. The van der Waals surface area contributed by atoms with Crippen molar-refractivity contribution in [2.45, 2.75) is 83.0 Å². The second kappa shape index (κ2) is 7.14. The third kappa shape index (κ3) is 4.56. The zero-order valence-corrected chi connectivity index (χ0v) is 14.2. The Morgan fingerprint density at radius 3 is 2.35 bits per heavy atom. The number of ether oxygens (including phenoxy) is 1. The summed E-state index contributed by atoms with van der Waals surface area (Å²) in [6.45, 7) is 5.64. The van der Waals surface area contributed by atoms with Crippen LogP contribution in [0.5, 0.6) is 0 Å². The molecule has 2 saturated carbocycles. The number of carbonyl (C=O) groups excluding carboxylic acids is 1. The molecule has 2 aliphatic carbocycles. The topological polar surface area (TPSA) is 78.3 Å². The average molecular weight is 318 g/mol. The molecule has 2 rings (SSSR count). The van der Waals surface area contributed by atoms with E-state index in [0.717, 1.165) is 38.5 Å². The Balaban J connectivity index is 2.04. The summed E-state index contributed by atoms with van der Waals surface area (Å²) in [4.78, 5) is 17.5. The van der Waals surface area contributed by atoms with Crippen LogP contribution in [0.1, 0.15) is 59.3 Å². The van der Waals surface area contributed by atoms with Gasteiger partial charge in [0.05, 0.1) is 0 Å². The van der Waals surface area contributed by atoms with Gasteiger partial charge in [0.25, 0.3) is 0 Å². The van der Waals surface area contributed by atoms with Crippen molar-refractivity contribution < 1.29 is 9.53 Å². The van der Waals surface area contributed by atoms with Crippen LogP contribution in [0.25, 0.3) is 10.4 Å². The third-order valence-corrected chi connectivity index (χ3v) is 4.62. The van der Waals surface area contributed by atoms with Crippen molar-refractivity contribution in [3.8, 4) is 12.3 Å². The molecule has 0 unspecified atom stereocenters. The van der Waals surface area contributed by atoms with E-state index in [-0.39, 0.29) is 30.1 Å². The Morgan fingerprint density at radius 2 is 1.87 bits per heavy atom. The van der Waals surface area contributed by atoms with Crippen molar-refractivity contribution in [3.05, 3.63) is 10.4 Å². The minimum absolute atomic E-state index is 0.0524. The van der Waals surface area contributed by atoms with Crippen LogP contribution in [-0.4, -0.2) is 34.7 Å². The van der Waals surface area contributed by atoms with Gasteiger partial charge >= 0.3 is 6.09 Å². The van der Waals surface area contributed by atoms with E-state index in [2.05, 4.69) is 15.9 Å². The van der Waals surface area contributed by atoms with Crippen LogP contribution in [0.2, 0.25) is 0 Å². The second-order valence-electron chi connectivity index (χ2n) is 7.54. The lowest BCUT2D eigenvalue weighted by Gasteiger charge is -2.46. The Bertz CT molecular complexity index is 514. The molecule has 0 spiro atoms. The molecule has 2 aliphatic rings. The first-order valence-corrected chi connectivity index (χ1v) is 8.35. The van der Waals surface area contributed by atoms with Crippen molar-refractivity contribution in [2.75, 3.05) is 0 Å². The maximum absolute atomic E-state index is 12.7. The first kappa shape index (κ1) is 17.5. The summed E-state index contributed by atoms with van der Waals surface area (Å²) in [6, 6.07) is 0.377. The number of amides is 1. The molecule has 6 heteroatoms.